The second kappa shape index (κ2) is 6.76. The van der Waals surface area contributed by atoms with Crippen LogP contribution in [0.2, 0.25) is 5.02 Å². The molecule has 2 aromatic rings. The van der Waals surface area contributed by atoms with Crippen molar-refractivity contribution in [2.45, 2.75) is 0 Å². The van der Waals surface area contributed by atoms with E-state index in [-0.39, 0.29) is 17.9 Å². The van der Waals surface area contributed by atoms with Gasteiger partial charge in [-0.05, 0) is 48.5 Å². The van der Waals surface area contributed by atoms with Crippen LogP contribution in [0.4, 0.5) is 0 Å². The Kier molecular flexibility index (Phi) is 4.79. The number of carboxylic acid groups (broad SMARTS) is 1. The van der Waals surface area contributed by atoms with Gasteiger partial charge >= 0.3 is 11.9 Å². The Balaban J connectivity index is 1.86. The number of aromatic carboxylic acids is 1. The normalized spacial score (nSPS) is 9.95. The largest absolute Gasteiger partial charge is 0.482 e. The number of ether oxygens (including phenoxy) is 2. The molecule has 2 rings (SSSR count). The molecule has 5 nitrogen and oxygen atoms in total. The van der Waals surface area contributed by atoms with Gasteiger partial charge in [-0.15, -0.1) is 0 Å². The Morgan fingerprint density at radius 1 is 0.952 bits per heavy atom. The van der Waals surface area contributed by atoms with Crippen molar-refractivity contribution < 1.29 is 24.2 Å². The molecule has 0 saturated heterocycles. The average molecular weight is 307 g/mol. The van der Waals surface area contributed by atoms with Gasteiger partial charge in [0.1, 0.15) is 11.5 Å². The van der Waals surface area contributed by atoms with E-state index >= 15 is 0 Å². The fourth-order valence-corrected chi connectivity index (χ4v) is 1.63. The molecule has 108 valence electrons. The summed E-state index contributed by atoms with van der Waals surface area (Å²) >= 11 is 5.73. The Hall–Kier alpha value is -2.53. The second-order valence-electron chi connectivity index (χ2n) is 4.05. The van der Waals surface area contributed by atoms with Crippen LogP contribution in [0, 0.1) is 0 Å². The standard InChI is InChI=1S/C15H11ClO5/c16-11-3-7-12(8-4-11)20-9-14(17)21-13-5-1-10(2-6-13)15(18)19/h1-8H,9H2,(H,18,19). The zero-order chi connectivity index (χ0) is 15.2. The van der Waals surface area contributed by atoms with E-state index in [4.69, 9.17) is 26.2 Å². The molecule has 2 aromatic carbocycles. The van der Waals surface area contributed by atoms with Crippen LogP contribution in [0.15, 0.2) is 48.5 Å². The van der Waals surface area contributed by atoms with E-state index in [1.54, 1.807) is 24.3 Å². The molecular weight excluding hydrogens is 296 g/mol. The molecule has 0 bridgehead atoms. The van der Waals surface area contributed by atoms with Gasteiger partial charge in [0.15, 0.2) is 6.61 Å². The molecule has 0 amide bonds. The molecule has 0 radical (unpaired) electrons. The van der Waals surface area contributed by atoms with Crippen molar-refractivity contribution in [2.24, 2.45) is 0 Å². The highest BCUT2D eigenvalue weighted by Crippen LogP contribution is 2.16. The van der Waals surface area contributed by atoms with Gasteiger partial charge in [-0.3, -0.25) is 0 Å². The third-order valence-electron chi connectivity index (χ3n) is 2.50. The van der Waals surface area contributed by atoms with Gasteiger partial charge in [0.05, 0.1) is 5.56 Å². The van der Waals surface area contributed by atoms with E-state index in [0.717, 1.165) is 0 Å². The maximum Gasteiger partial charge on any atom is 0.349 e. The predicted molar refractivity (Wildman–Crippen MR) is 76.0 cm³/mol. The summed E-state index contributed by atoms with van der Waals surface area (Å²) in [5.74, 6) is -0.880. The SMILES string of the molecule is O=C(COc1ccc(Cl)cc1)Oc1ccc(C(=O)O)cc1. The third-order valence-corrected chi connectivity index (χ3v) is 2.76. The summed E-state index contributed by atoms with van der Waals surface area (Å²) in [6.07, 6.45) is 0. The summed E-state index contributed by atoms with van der Waals surface area (Å²) in [6, 6.07) is 12.1. The molecule has 0 fully saturated rings. The first-order chi connectivity index (χ1) is 10.0. The van der Waals surface area contributed by atoms with Gasteiger partial charge in [0.25, 0.3) is 0 Å². The quantitative estimate of drug-likeness (QED) is 0.679. The number of hydrogen-bond donors (Lipinski definition) is 1. The van der Waals surface area contributed by atoms with Crippen molar-refractivity contribution in [2.75, 3.05) is 6.61 Å². The van der Waals surface area contributed by atoms with E-state index in [1.807, 2.05) is 0 Å². The van der Waals surface area contributed by atoms with Crippen LogP contribution in [0.1, 0.15) is 10.4 Å². The lowest BCUT2D eigenvalue weighted by Gasteiger charge is -2.07. The van der Waals surface area contributed by atoms with Crippen molar-refractivity contribution >= 4 is 23.5 Å². The molecule has 0 aliphatic heterocycles. The molecule has 0 unspecified atom stereocenters. The van der Waals surface area contributed by atoms with Crippen LogP contribution in [0.25, 0.3) is 0 Å². The monoisotopic (exact) mass is 306 g/mol. The molecule has 0 aromatic heterocycles. The fraction of sp³-hybridized carbons (Fsp3) is 0.0667. The van der Waals surface area contributed by atoms with E-state index in [2.05, 4.69) is 0 Å². The van der Waals surface area contributed by atoms with Crippen LogP contribution in [0.3, 0.4) is 0 Å². The van der Waals surface area contributed by atoms with E-state index in [0.29, 0.717) is 10.8 Å². The minimum absolute atomic E-state index is 0.118. The number of carbonyl (C=O) groups is 2. The van der Waals surface area contributed by atoms with Gasteiger partial charge < -0.3 is 14.6 Å². The molecule has 0 heterocycles. The lowest BCUT2D eigenvalue weighted by atomic mass is 10.2. The van der Waals surface area contributed by atoms with Crippen molar-refractivity contribution in [3.8, 4) is 11.5 Å². The van der Waals surface area contributed by atoms with Crippen molar-refractivity contribution in [1.82, 2.24) is 0 Å². The van der Waals surface area contributed by atoms with Gasteiger partial charge in [-0.1, -0.05) is 11.6 Å². The number of carbonyl (C=O) groups excluding carboxylic acids is 1. The average Bonchev–Trinajstić information content (AvgIpc) is 2.47. The Bertz CT molecular complexity index is 634. The molecule has 0 aliphatic carbocycles. The summed E-state index contributed by atoms with van der Waals surface area (Å²) in [4.78, 5) is 22.3. The molecule has 21 heavy (non-hydrogen) atoms. The highest BCUT2D eigenvalue weighted by Gasteiger charge is 2.08. The number of rotatable bonds is 5. The number of carboxylic acids is 1. The molecule has 0 aliphatic rings. The summed E-state index contributed by atoms with van der Waals surface area (Å²) < 4.78 is 10.2. The third kappa shape index (κ3) is 4.50. The van der Waals surface area contributed by atoms with Gasteiger partial charge in [-0.25, -0.2) is 9.59 Å². The van der Waals surface area contributed by atoms with Gasteiger partial charge in [0.2, 0.25) is 0 Å². The van der Waals surface area contributed by atoms with Crippen LogP contribution < -0.4 is 9.47 Å². The zero-order valence-electron chi connectivity index (χ0n) is 10.8. The minimum Gasteiger partial charge on any atom is -0.482 e. The Morgan fingerprint density at radius 2 is 1.52 bits per heavy atom. The number of hydrogen-bond acceptors (Lipinski definition) is 4. The van der Waals surface area contributed by atoms with Gasteiger partial charge in [0, 0.05) is 5.02 Å². The predicted octanol–water partition coefficient (Wildman–Crippen LogP) is 3.02. The molecule has 1 N–H and O–H groups in total. The first-order valence-electron chi connectivity index (χ1n) is 5.97. The fourth-order valence-electron chi connectivity index (χ4n) is 1.50. The minimum atomic E-state index is -1.04. The van der Waals surface area contributed by atoms with Crippen molar-refractivity contribution in [3.05, 3.63) is 59.1 Å². The zero-order valence-corrected chi connectivity index (χ0v) is 11.5. The van der Waals surface area contributed by atoms with Crippen LogP contribution in [-0.4, -0.2) is 23.7 Å². The van der Waals surface area contributed by atoms with E-state index < -0.39 is 11.9 Å². The van der Waals surface area contributed by atoms with Crippen molar-refractivity contribution in [1.29, 1.82) is 0 Å². The molecule has 6 heteroatoms. The van der Waals surface area contributed by atoms with E-state index in [1.165, 1.54) is 24.3 Å². The van der Waals surface area contributed by atoms with Crippen LogP contribution in [0.5, 0.6) is 11.5 Å². The topological polar surface area (TPSA) is 72.8 Å². The Morgan fingerprint density at radius 3 is 2.10 bits per heavy atom. The number of esters is 1. The summed E-state index contributed by atoms with van der Waals surface area (Å²) in [5, 5.41) is 9.32. The van der Waals surface area contributed by atoms with Crippen LogP contribution >= 0.6 is 11.6 Å². The number of halogens is 1. The smallest absolute Gasteiger partial charge is 0.349 e. The Labute approximate surface area is 125 Å². The van der Waals surface area contributed by atoms with E-state index in [9.17, 15) is 9.59 Å². The molecule has 0 atom stereocenters. The summed E-state index contributed by atoms with van der Waals surface area (Å²) in [5.41, 5.74) is 0.118. The highest BCUT2D eigenvalue weighted by atomic mass is 35.5. The lowest BCUT2D eigenvalue weighted by molar-refractivity contribution is -0.136. The van der Waals surface area contributed by atoms with Gasteiger partial charge in [-0.2, -0.15) is 0 Å². The lowest BCUT2D eigenvalue weighted by Crippen LogP contribution is -2.17. The van der Waals surface area contributed by atoms with Crippen LogP contribution in [-0.2, 0) is 4.79 Å². The maximum absolute atomic E-state index is 11.6. The number of benzene rings is 2. The van der Waals surface area contributed by atoms with Crippen molar-refractivity contribution in [3.63, 3.8) is 0 Å². The molecule has 0 saturated carbocycles. The first-order valence-corrected chi connectivity index (χ1v) is 6.35. The first kappa shape index (κ1) is 14.9. The molecule has 0 spiro atoms. The second-order valence-corrected chi connectivity index (χ2v) is 4.48. The summed E-state index contributed by atoms with van der Waals surface area (Å²) in [6.45, 7) is -0.262. The highest BCUT2D eigenvalue weighted by molar-refractivity contribution is 6.30. The maximum atomic E-state index is 11.6. The molecular formula is C15H11ClO5. The summed E-state index contributed by atoms with van der Waals surface area (Å²) in [7, 11) is 0.